The Morgan fingerprint density at radius 2 is 1.07 bits per heavy atom. The second-order valence-corrected chi connectivity index (χ2v) is 15.1. The van der Waals surface area contributed by atoms with Crippen molar-refractivity contribution in [3.8, 4) is 11.5 Å². The molecular formula is C40H32B2Cl4N2O6. The Labute approximate surface area is 332 Å². The van der Waals surface area contributed by atoms with Gasteiger partial charge in [0.15, 0.2) is 17.7 Å². The van der Waals surface area contributed by atoms with Gasteiger partial charge in [0, 0.05) is 32.2 Å². The number of aromatic hydroxyl groups is 1. The summed E-state index contributed by atoms with van der Waals surface area (Å²) < 4.78 is 19.9. The molecule has 14 heteroatoms. The Hall–Kier alpha value is -4.99. The number of carbonyl (C=O) groups is 2. The molecule has 0 atom stereocenters. The first-order chi connectivity index (χ1) is 25.7. The van der Waals surface area contributed by atoms with Crippen molar-refractivity contribution in [2.75, 3.05) is 0 Å². The van der Waals surface area contributed by atoms with Gasteiger partial charge in [-0.2, -0.15) is 0 Å². The predicted octanol–water partition coefficient (Wildman–Crippen LogP) is 6.11. The largest absolute Gasteiger partial charge is 0.671 e. The van der Waals surface area contributed by atoms with E-state index in [4.69, 9.17) is 60.4 Å². The summed E-state index contributed by atoms with van der Waals surface area (Å²) in [5.74, 6) is -0.809. The van der Waals surface area contributed by atoms with Crippen LogP contribution in [0.15, 0.2) is 109 Å². The molecule has 0 fully saturated rings. The molecule has 0 spiro atoms. The second-order valence-electron chi connectivity index (χ2n) is 13.5. The van der Waals surface area contributed by atoms with Crippen LogP contribution in [0.25, 0.3) is 0 Å². The fourth-order valence-corrected chi connectivity index (χ4v) is 7.65. The number of hydrogen-bond donors (Lipinski definition) is 1. The number of rotatable bonds is 4. The molecular weight excluding hydrogens is 768 g/mol. The van der Waals surface area contributed by atoms with Crippen molar-refractivity contribution in [1.29, 1.82) is 0 Å². The monoisotopic (exact) mass is 798 g/mol. The van der Waals surface area contributed by atoms with Gasteiger partial charge < -0.3 is 23.5 Å². The number of aryl methyl sites for hydroxylation is 4. The maximum atomic E-state index is 12.8. The van der Waals surface area contributed by atoms with E-state index in [0.29, 0.717) is 47.7 Å². The van der Waals surface area contributed by atoms with E-state index in [1.807, 2.05) is 76.2 Å². The molecule has 4 heterocycles. The van der Waals surface area contributed by atoms with Crippen molar-refractivity contribution in [1.82, 2.24) is 0 Å². The molecule has 2 aromatic heterocycles. The molecule has 8 nitrogen and oxygen atoms in total. The molecule has 0 aliphatic carbocycles. The average Bonchev–Trinajstić information content (AvgIpc) is 3.46. The maximum absolute atomic E-state index is 12.8. The van der Waals surface area contributed by atoms with E-state index in [2.05, 4.69) is 4.98 Å². The first-order valence-electron chi connectivity index (χ1n) is 17.0. The Balaban J connectivity index is 0.000000167. The van der Waals surface area contributed by atoms with E-state index in [1.54, 1.807) is 59.3 Å². The molecule has 0 amide bonds. The SMILES string of the molecule is Cc1ccc([B-]2(c3ccc(C)c(Cl)c3)OC(=O)c3[nH+]cccc3O2)cc1Cl.Cc1ccc([B-]2(c3ccc(C)c(Cl)c3)OC(=O)c3c(O)ccc[n+]32)cc1Cl. The number of carbonyl (C=O) groups excluding carboxylic acids is 2. The summed E-state index contributed by atoms with van der Waals surface area (Å²) in [7, 11) is 0. The number of nitrogens with zero attached hydrogens (tertiary/aromatic N) is 1. The molecule has 6 aromatic rings. The summed E-state index contributed by atoms with van der Waals surface area (Å²) in [5.41, 5.74) is 6.80. The van der Waals surface area contributed by atoms with E-state index in [9.17, 15) is 14.7 Å². The summed E-state index contributed by atoms with van der Waals surface area (Å²) >= 11 is 25.5. The molecule has 272 valence electrons. The van der Waals surface area contributed by atoms with E-state index in [-0.39, 0.29) is 17.1 Å². The smallest absolute Gasteiger partial charge is 0.516 e. The lowest BCUT2D eigenvalue weighted by Gasteiger charge is -2.45. The van der Waals surface area contributed by atoms with Crippen molar-refractivity contribution in [3.63, 3.8) is 0 Å². The number of halogens is 4. The van der Waals surface area contributed by atoms with Gasteiger partial charge in [0.05, 0.1) is 0 Å². The summed E-state index contributed by atoms with van der Waals surface area (Å²) in [4.78, 5) is 28.3. The minimum atomic E-state index is -2.35. The third-order valence-electron chi connectivity index (χ3n) is 10.0. The summed E-state index contributed by atoms with van der Waals surface area (Å²) in [6.07, 6.45) is 3.37. The van der Waals surface area contributed by atoms with Gasteiger partial charge in [-0.25, -0.2) is 14.6 Å². The standard InChI is InChI=1S/C20H15BCl2NO3.C20H16BCl2NO3/c1-12-5-7-14(10-16(12)22)21(15-8-6-13(2)17(23)11-15)26-18-4-3-9-24-19(18)20(25)27-21;1-12-5-7-14(10-16(12)22)21(15-8-6-13(2)17(23)11-15)24-9-3-4-18(25)19(24)20(26)27-21/h3-11H,1-2H3;3-11,25H,1-2H3/q-1;/p+1. The highest BCUT2D eigenvalue weighted by Crippen LogP contribution is 2.29. The van der Waals surface area contributed by atoms with E-state index < -0.39 is 25.0 Å². The maximum Gasteiger partial charge on any atom is 0.516 e. The molecule has 8 rings (SSSR count). The minimum absolute atomic E-state index is 0.103. The molecule has 0 saturated heterocycles. The number of aromatic nitrogens is 2. The van der Waals surface area contributed by atoms with Crippen molar-refractivity contribution in [2.24, 2.45) is 0 Å². The predicted molar refractivity (Wildman–Crippen MR) is 213 cm³/mol. The van der Waals surface area contributed by atoms with Crippen LogP contribution >= 0.6 is 46.4 Å². The zero-order chi connectivity index (χ0) is 38.5. The van der Waals surface area contributed by atoms with Crippen LogP contribution in [0.1, 0.15) is 43.2 Å². The zero-order valence-electron chi connectivity index (χ0n) is 29.5. The van der Waals surface area contributed by atoms with Crippen molar-refractivity contribution in [2.45, 2.75) is 27.7 Å². The van der Waals surface area contributed by atoms with Crippen LogP contribution < -0.4 is 36.0 Å². The Kier molecular flexibility index (Phi) is 9.91. The number of benzene rings is 4. The van der Waals surface area contributed by atoms with Crippen LogP contribution in [0, 0.1) is 27.7 Å². The lowest BCUT2D eigenvalue weighted by atomic mass is 9.41. The lowest BCUT2D eigenvalue weighted by Crippen LogP contribution is -2.78. The highest BCUT2D eigenvalue weighted by Gasteiger charge is 2.55. The number of pyridine rings is 2. The van der Waals surface area contributed by atoms with Gasteiger partial charge in [0.25, 0.3) is 5.69 Å². The van der Waals surface area contributed by atoms with Crippen LogP contribution in [0.5, 0.6) is 11.5 Å². The van der Waals surface area contributed by atoms with Crippen molar-refractivity contribution in [3.05, 3.63) is 163 Å². The molecule has 0 unspecified atom stereocenters. The summed E-state index contributed by atoms with van der Waals surface area (Å²) in [6, 6.07) is 28.8. The molecule has 2 aliphatic heterocycles. The van der Waals surface area contributed by atoms with Crippen LogP contribution in [0.3, 0.4) is 0 Å². The number of hydrogen-bond acceptors (Lipinski definition) is 6. The van der Waals surface area contributed by atoms with Gasteiger partial charge in [0.2, 0.25) is 0 Å². The van der Waals surface area contributed by atoms with Gasteiger partial charge in [-0.15, -0.1) is 10.9 Å². The van der Waals surface area contributed by atoms with Gasteiger partial charge in [-0.05, 0) is 62.1 Å². The van der Waals surface area contributed by atoms with Crippen LogP contribution in [-0.2, 0) is 9.31 Å². The molecule has 0 bridgehead atoms. The first-order valence-corrected chi connectivity index (χ1v) is 18.5. The normalized spacial score (nSPS) is 14.8. The second kappa shape index (κ2) is 14.3. The van der Waals surface area contributed by atoms with Gasteiger partial charge >= 0.3 is 30.7 Å². The fourth-order valence-electron chi connectivity index (χ4n) is 6.90. The number of H-pyrrole nitrogens is 1. The third-order valence-corrected chi connectivity index (χ3v) is 11.6. The molecule has 0 radical (unpaired) electrons. The molecule has 54 heavy (non-hydrogen) atoms. The highest BCUT2D eigenvalue weighted by molar-refractivity contribution is 6.94. The topological polar surface area (TPSA) is 100 Å². The third kappa shape index (κ3) is 6.37. The number of fused-ring (bicyclic) bond motifs is 2. The van der Waals surface area contributed by atoms with Crippen molar-refractivity contribution < 1.29 is 38.1 Å². The van der Waals surface area contributed by atoms with Crippen molar-refractivity contribution >= 4 is 93.2 Å². The number of nitrogens with one attached hydrogen (secondary N) is 1. The Bertz CT molecular complexity index is 2410. The van der Waals surface area contributed by atoms with Crippen LogP contribution in [0.2, 0.25) is 20.1 Å². The zero-order valence-corrected chi connectivity index (χ0v) is 32.5. The average molecular weight is 800 g/mol. The minimum Gasteiger partial charge on any atom is -0.671 e. The number of aromatic amines is 1. The lowest BCUT2D eigenvalue weighted by molar-refractivity contribution is -0.546. The molecule has 2 aliphatic rings. The molecule has 2 N–H and O–H groups in total. The quantitative estimate of drug-likeness (QED) is 0.216. The summed E-state index contributed by atoms with van der Waals surface area (Å²) in [6.45, 7) is 3.08. The van der Waals surface area contributed by atoms with Gasteiger partial charge in [-0.3, -0.25) is 0 Å². The Morgan fingerprint density at radius 3 is 1.57 bits per heavy atom. The van der Waals surface area contributed by atoms with E-state index in [0.717, 1.165) is 22.3 Å². The molecule has 0 saturated carbocycles. The van der Waals surface area contributed by atoms with Gasteiger partial charge in [-0.1, -0.05) is 130 Å². The summed E-state index contributed by atoms with van der Waals surface area (Å²) in [5, 5.41) is 12.5. The first kappa shape index (κ1) is 37.3. The highest BCUT2D eigenvalue weighted by atomic mass is 35.5. The Morgan fingerprint density at radius 1 is 0.593 bits per heavy atom. The fraction of sp³-hybridized carbons (Fsp3) is 0.100. The van der Waals surface area contributed by atoms with Crippen LogP contribution in [-0.4, -0.2) is 30.1 Å². The van der Waals surface area contributed by atoms with E-state index >= 15 is 0 Å². The molecule has 4 aromatic carbocycles. The van der Waals surface area contributed by atoms with E-state index in [1.165, 1.54) is 6.07 Å². The van der Waals surface area contributed by atoms with Gasteiger partial charge in [0.1, 0.15) is 6.20 Å². The van der Waals surface area contributed by atoms with Crippen LogP contribution in [0.4, 0.5) is 0 Å².